The Kier molecular flexibility index (Phi) is 4.29. The van der Waals surface area contributed by atoms with Crippen LogP contribution in [0.4, 0.5) is 0 Å². The number of nitrogens with zero attached hydrogens (tertiary/aromatic N) is 4. The summed E-state index contributed by atoms with van der Waals surface area (Å²) in [6, 6.07) is 0. The van der Waals surface area contributed by atoms with Crippen molar-refractivity contribution in [3.05, 3.63) is 30.1 Å². The molecule has 22 heavy (non-hydrogen) atoms. The second kappa shape index (κ2) is 6.52. The number of aliphatic imine (C=N–C) groups is 1. The number of ether oxygens (including phenoxy) is 1. The molecule has 1 amide bonds. The monoisotopic (exact) mass is 302 g/mol. The van der Waals surface area contributed by atoms with Crippen molar-refractivity contribution < 1.29 is 9.53 Å². The van der Waals surface area contributed by atoms with Crippen LogP contribution in [0.1, 0.15) is 35.7 Å². The van der Waals surface area contributed by atoms with E-state index in [1.807, 2.05) is 0 Å². The third kappa shape index (κ3) is 3.22. The van der Waals surface area contributed by atoms with Crippen molar-refractivity contribution >= 4 is 17.8 Å². The first-order chi connectivity index (χ1) is 10.7. The molecule has 1 aromatic heterocycles. The van der Waals surface area contributed by atoms with Crippen LogP contribution >= 0.6 is 0 Å². The Bertz CT molecular complexity index is 640. The highest BCUT2D eigenvalue weighted by Gasteiger charge is 2.21. The molecule has 3 rings (SSSR count). The lowest BCUT2D eigenvalue weighted by atomic mass is 10.1. The fraction of sp³-hybridized carbons (Fsp3) is 0.429. The molecule has 0 bridgehead atoms. The van der Waals surface area contributed by atoms with Gasteiger partial charge in [-0.2, -0.15) is 0 Å². The number of aromatic nitrogens is 3. The summed E-state index contributed by atoms with van der Waals surface area (Å²) in [6.45, 7) is 1.30. The molecule has 0 spiro atoms. The van der Waals surface area contributed by atoms with E-state index in [9.17, 15) is 4.79 Å². The Morgan fingerprint density at radius 3 is 3.18 bits per heavy atom. The first-order valence-corrected chi connectivity index (χ1v) is 7.25. The van der Waals surface area contributed by atoms with Gasteiger partial charge < -0.3 is 15.8 Å². The SMILES string of the molecule is NC(=O)c1nc(C2=CNC=NC=C2)n(CC2CCCCO2)n1. The number of amides is 1. The van der Waals surface area contributed by atoms with Gasteiger partial charge in [0.05, 0.1) is 19.0 Å². The zero-order valence-electron chi connectivity index (χ0n) is 12.1. The molecular weight excluding hydrogens is 284 g/mol. The van der Waals surface area contributed by atoms with Gasteiger partial charge in [0.25, 0.3) is 5.91 Å². The molecule has 0 saturated carbocycles. The van der Waals surface area contributed by atoms with Crippen molar-refractivity contribution in [1.29, 1.82) is 0 Å². The first-order valence-electron chi connectivity index (χ1n) is 7.25. The maximum Gasteiger partial charge on any atom is 0.288 e. The molecule has 116 valence electrons. The number of nitrogens with one attached hydrogen (secondary N) is 1. The number of hydrogen-bond donors (Lipinski definition) is 2. The van der Waals surface area contributed by atoms with Crippen molar-refractivity contribution in [3.8, 4) is 0 Å². The standard InChI is InChI=1S/C14H18N6O2/c15-12(21)13-18-14(10-4-5-16-9-17-7-10)20(19-13)8-11-3-1-2-6-22-11/h4-5,7,9,11H,1-3,6,8H2,(H2,15,21)(H,16,17). The Morgan fingerprint density at radius 2 is 2.41 bits per heavy atom. The third-order valence-corrected chi connectivity index (χ3v) is 3.53. The van der Waals surface area contributed by atoms with Gasteiger partial charge in [0.2, 0.25) is 5.82 Å². The lowest BCUT2D eigenvalue weighted by molar-refractivity contribution is 0.00374. The maximum absolute atomic E-state index is 11.4. The molecule has 1 saturated heterocycles. The topological polar surface area (TPSA) is 107 Å². The van der Waals surface area contributed by atoms with Crippen LogP contribution in [0.2, 0.25) is 0 Å². The number of primary amides is 1. The van der Waals surface area contributed by atoms with Gasteiger partial charge in [-0.1, -0.05) is 0 Å². The Balaban J connectivity index is 1.89. The van der Waals surface area contributed by atoms with E-state index in [1.54, 1.807) is 29.5 Å². The van der Waals surface area contributed by atoms with Crippen molar-refractivity contribution in [2.75, 3.05) is 6.61 Å². The summed E-state index contributed by atoms with van der Waals surface area (Å²) in [4.78, 5) is 19.6. The summed E-state index contributed by atoms with van der Waals surface area (Å²) in [7, 11) is 0. The minimum absolute atomic E-state index is 0.00488. The van der Waals surface area contributed by atoms with Crippen LogP contribution in [0.15, 0.2) is 23.5 Å². The minimum Gasteiger partial charge on any atom is -0.376 e. The van der Waals surface area contributed by atoms with Gasteiger partial charge in [0, 0.05) is 24.6 Å². The minimum atomic E-state index is -0.646. The molecule has 1 fully saturated rings. The van der Waals surface area contributed by atoms with Crippen LogP contribution in [0.3, 0.4) is 0 Å². The summed E-state index contributed by atoms with van der Waals surface area (Å²) in [5, 5.41) is 7.14. The number of nitrogens with two attached hydrogens (primary N) is 1. The molecule has 1 aromatic rings. The van der Waals surface area contributed by atoms with Crippen LogP contribution in [0.25, 0.3) is 5.57 Å². The van der Waals surface area contributed by atoms with Gasteiger partial charge in [-0.25, -0.2) is 14.7 Å². The molecule has 1 atom stereocenters. The molecule has 2 aliphatic heterocycles. The molecule has 0 aliphatic carbocycles. The normalized spacial score (nSPS) is 21.1. The molecule has 3 N–H and O–H groups in total. The fourth-order valence-electron chi connectivity index (χ4n) is 2.46. The molecule has 8 nitrogen and oxygen atoms in total. The van der Waals surface area contributed by atoms with Crippen LogP contribution in [-0.2, 0) is 11.3 Å². The molecule has 3 heterocycles. The summed E-state index contributed by atoms with van der Waals surface area (Å²) in [5.74, 6) is -0.0746. The van der Waals surface area contributed by atoms with E-state index in [1.165, 1.54) is 0 Å². The predicted molar refractivity (Wildman–Crippen MR) is 80.9 cm³/mol. The summed E-state index contributed by atoms with van der Waals surface area (Å²) < 4.78 is 7.42. The lowest BCUT2D eigenvalue weighted by Gasteiger charge is -2.22. The lowest BCUT2D eigenvalue weighted by Crippen LogP contribution is -2.26. The van der Waals surface area contributed by atoms with Gasteiger partial charge in [0.1, 0.15) is 0 Å². The quantitative estimate of drug-likeness (QED) is 0.838. The van der Waals surface area contributed by atoms with Crippen LogP contribution in [0, 0.1) is 0 Å². The molecule has 0 aromatic carbocycles. The fourth-order valence-corrected chi connectivity index (χ4v) is 2.46. The van der Waals surface area contributed by atoms with E-state index < -0.39 is 5.91 Å². The smallest absolute Gasteiger partial charge is 0.288 e. The number of carbonyl (C=O) groups is 1. The summed E-state index contributed by atoms with van der Waals surface area (Å²) in [5.41, 5.74) is 6.07. The molecule has 1 unspecified atom stereocenters. The second-order valence-electron chi connectivity index (χ2n) is 5.15. The van der Waals surface area contributed by atoms with Crippen molar-refractivity contribution in [1.82, 2.24) is 20.1 Å². The van der Waals surface area contributed by atoms with Gasteiger partial charge in [-0.05, 0) is 25.3 Å². The molecule has 8 heteroatoms. The van der Waals surface area contributed by atoms with Crippen LogP contribution < -0.4 is 11.1 Å². The Labute approximate surface area is 127 Å². The van der Waals surface area contributed by atoms with Crippen LogP contribution in [-0.4, -0.2) is 39.7 Å². The maximum atomic E-state index is 11.4. The van der Waals surface area contributed by atoms with E-state index in [2.05, 4.69) is 20.4 Å². The summed E-state index contributed by atoms with van der Waals surface area (Å²) in [6.07, 6.45) is 10.0. The second-order valence-corrected chi connectivity index (χ2v) is 5.15. The van der Waals surface area contributed by atoms with Crippen LogP contribution in [0.5, 0.6) is 0 Å². The summed E-state index contributed by atoms with van der Waals surface area (Å²) >= 11 is 0. The highest BCUT2D eigenvalue weighted by Crippen LogP contribution is 2.19. The average molecular weight is 302 g/mol. The predicted octanol–water partition coefficient (Wildman–Crippen LogP) is 0.432. The van der Waals surface area contributed by atoms with Crippen molar-refractivity contribution in [2.45, 2.75) is 31.9 Å². The highest BCUT2D eigenvalue weighted by atomic mass is 16.5. The number of rotatable bonds is 4. The Hall–Kier alpha value is -2.48. The number of allylic oxidation sites excluding steroid dienone is 2. The number of hydrogen-bond acceptors (Lipinski definition) is 6. The highest BCUT2D eigenvalue weighted by molar-refractivity contribution is 5.89. The molecule has 2 aliphatic rings. The largest absolute Gasteiger partial charge is 0.376 e. The zero-order chi connectivity index (χ0) is 15.4. The van der Waals surface area contributed by atoms with Gasteiger partial charge >= 0.3 is 0 Å². The third-order valence-electron chi connectivity index (χ3n) is 3.53. The first kappa shape index (κ1) is 14.5. The van der Waals surface area contributed by atoms with Crippen molar-refractivity contribution in [2.24, 2.45) is 10.7 Å². The van der Waals surface area contributed by atoms with E-state index >= 15 is 0 Å². The van der Waals surface area contributed by atoms with E-state index in [-0.39, 0.29) is 11.9 Å². The van der Waals surface area contributed by atoms with E-state index in [0.717, 1.165) is 31.4 Å². The molecule has 0 radical (unpaired) electrons. The number of carbonyl (C=O) groups excluding carboxylic acids is 1. The van der Waals surface area contributed by atoms with Gasteiger partial charge in [0.15, 0.2) is 5.82 Å². The van der Waals surface area contributed by atoms with Gasteiger partial charge in [-0.15, -0.1) is 5.10 Å². The Morgan fingerprint density at radius 1 is 1.50 bits per heavy atom. The van der Waals surface area contributed by atoms with E-state index in [4.69, 9.17) is 10.5 Å². The van der Waals surface area contributed by atoms with E-state index in [0.29, 0.717) is 12.4 Å². The van der Waals surface area contributed by atoms with Crippen molar-refractivity contribution in [3.63, 3.8) is 0 Å². The molecular formula is C14H18N6O2. The van der Waals surface area contributed by atoms with Gasteiger partial charge in [-0.3, -0.25) is 4.79 Å². The average Bonchev–Trinajstić information content (AvgIpc) is 2.76. The zero-order valence-corrected chi connectivity index (χ0v) is 12.1.